The number of non-ortho nitro benzene ring substituents is 1. The van der Waals surface area contributed by atoms with Crippen molar-refractivity contribution in [1.29, 1.82) is 0 Å². The number of anilines is 1. The molecule has 0 aliphatic carbocycles. The fourth-order valence-electron chi connectivity index (χ4n) is 6.89. The Kier molecular flexibility index (Phi) is 6.19. The summed E-state index contributed by atoms with van der Waals surface area (Å²) >= 11 is 3.57. The van der Waals surface area contributed by atoms with Gasteiger partial charge in [-0.25, -0.2) is 0 Å². The van der Waals surface area contributed by atoms with E-state index in [1.54, 1.807) is 30.3 Å². The van der Waals surface area contributed by atoms with Crippen LogP contribution in [0.1, 0.15) is 40.2 Å². The normalized spacial score (nSPS) is 25.3. The van der Waals surface area contributed by atoms with E-state index in [1.807, 2.05) is 18.2 Å². The van der Waals surface area contributed by atoms with Crippen molar-refractivity contribution in [3.05, 3.63) is 91.9 Å². The van der Waals surface area contributed by atoms with Crippen LogP contribution in [-0.4, -0.2) is 48.3 Å². The van der Waals surface area contributed by atoms with E-state index < -0.39 is 16.4 Å². The van der Waals surface area contributed by atoms with Crippen molar-refractivity contribution in [2.75, 3.05) is 26.1 Å². The number of methoxy groups -OCH3 is 2. The lowest BCUT2D eigenvalue weighted by molar-refractivity contribution is -0.384. The Morgan fingerprint density at radius 2 is 1.82 bits per heavy atom. The van der Waals surface area contributed by atoms with E-state index in [9.17, 15) is 19.7 Å². The maximum atomic E-state index is 14.7. The molecule has 3 aromatic carbocycles. The predicted molar refractivity (Wildman–Crippen MR) is 147 cm³/mol. The Morgan fingerprint density at radius 1 is 1.08 bits per heavy atom. The van der Waals surface area contributed by atoms with Gasteiger partial charge in [0.15, 0.2) is 17.3 Å². The second-order valence-corrected chi connectivity index (χ2v) is 11.0. The fraction of sp³-hybridized carbons (Fsp3) is 0.310. The summed E-state index contributed by atoms with van der Waals surface area (Å²) in [5.74, 6) is -0.678. The third kappa shape index (κ3) is 3.69. The van der Waals surface area contributed by atoms with Gasteiger partial charge in [0, 0.05) is 45.4 Å². The first-order chi connectivity index (χ1) is 18.8. The van der Waals surface area contributed by atoms with E-state index in [0.29, 0.717) is 29.3 Å². The molecule has 6 rings (SSSR count). The highest BCUT2D eigenvalue weighted by atomic mass is 79.9. The lowest BCUT2D eigenvalue weighted by atomic mass is 9.68. The Balaban J connectivity index is 1.59. The van der Waals surface area contributed by atoms with E-state index >= 15 is 0 Å². The van der Waals surface area contributed by atoms with Gasteiger partial charge in [0.05, 0.1) is 25.1 Å². The minimum Gasteiger partial charge on any atom is -0.493 e. The summed E-state index contributed by atoms with van der Waals surface area (Å²) in [5.41, 5.74) is 1.38. The zero-order valence-corrected chi connectivity index (χ0v) is 22.9. The van der Waals surface area contributed by atoms with Gasteiger partial charge in [0.25, 0.3) is 5.69 Å². The van der Waals surface area contributed by atoms with Crippen LogP contribution in [0.3, 0.4) is 0 Å². The van der Waals surface area contributed by atoms with Crippen LogP contribution in [0.5, 0.6) is 11.5 Å². The molecule has 0 saturated carbocycles. The first-order valence-corrected chi connectivity index (χ1v) is 13.5. The van der Waals surface area contributed by atoms with E-state index in [-0.39, 0.29) is 29.3 Å². The van der Waals surface area contributed by atoms with Crippen LogP contribution in [-0.2, 0) is 10.3 Å². The van der Waals surface area contributed by atoms with Gasteiger partial charge in [0.2, 0.25) is 5.91 Å². The molecule has 3 unspecified atom stereocenters. The Labute approximate surface area is 233 Å². The van der Waals surface area contributed by atoms with Crippen molar-refractivity contribution in [3.8, 4) is 11.5 Å². The van der Waals surface area contributed by atoms with Crippen molar-refractivity contribution in [1.82, 2.24) is 4.90 Å². The number of nitro benzene ring substituents is 1. The summed E-state index contributed by atoms with van der Waals surface area (Å²) in [6.07, 6.45) is 1.68. The van der Waals surface area contributed by atoms with Crippen molar-refractivity contribution in [2.45, 2.75) is 30.3 Å². The van der Waals surface area contributed by atoms with Crippen molar-refractivity contribution < 1.29 is 24.0 Å². The van der Waals surface area contributed by atoms with E-state index in [0.717, 1.165) is 28.4 Å². The number of Topliss-reactive ketones (excluding diaryl/α,β-unsaturated/α-hetero) is 1. The molecular formula is C29H26BrN3O6. The molecule has 1 N–H and O–H groups in total. The number of nitrogens with one attached hydrogen (secondary N) is 1. The van der Waals surface area contributed by atoms with Gasteiger partial charge in [-0.2, -0.15) is 0 Å². The monoisotopic (exact) mass is 591 g/mol. The maximum absolute atomic E-state index is 14.7. The number of hydrogen-bond acceptors (Lipinski definition) is 7. The molecule has 2 fully saturated rings. The Hall–Kier alpha value is -3.76. The van der Waals surface area contributed by atoms with Crippen LogP contribution in [0.15, 0.2) is 65.1 Å². The van der Waals surface area contributed by atoms with Crippen molar-refractivity contribution in [3.63, 3.8) is 0 Å². The number of carbonyl (C=O) groups is 2. The number of rotatable bonds is 6. The van der Waals surface area contributed by atoms with E-state index in [4.69, 9.17) is 9.47 Å². The summed E-state index contributed by atoms with van der Waals surface area (Å²) < 4.78 is 11.7. The molecule has 10 heteroatoms. The predicted octanol–water partition coefficient (Wildman–Crippen LogP) is 5.28. The summed E-state index contributed by atoms with van der Waals surface area (Å²) in [5, 5.41) is 14.4. The summed E-state index contributed by atoms with van der Waals surface area (Å²) in [6, 6.07) is 17.0. The molecule has 200 valence electrons. The molecule has 3 heterocycles. The highest BCUT2D eigenvalue weighted by Gasteiger charge is 2.69. The summed E-state index contributed by atoms with van der Waals surface area (Å²) in [6.45, 7) is 0.656. The first kappa shape index (κ1) is 25.5. The lowest BCUT2D eigenvalue weighted by Crippen LogP contribution is -2.52. The zero-order valence-electron chi connectivity index (χ0n) is 21.3. The highest BCUT2D eigenvalue weighted by Crippen LogP contribution is 2.61. The number of carbonyl (C=O) groups excluding carboxylic acids is 2. The second-order valence-electron chi connectivity index (χ2n) is 10.1. The molecule has 3 aromatic rings. The number of ketones is 1. The van der Waals surface area contributed by atoms with Gasteiger partial charge < -0.3 is 14.8 Å². The van der Waals surface area contributed by atoms with Gasteiger partial charge >= 0.3 is 0 Å². The number of benzene rings is 3. The molecule has 1 amide bonds. The smallest absolute Gasteiger partial charge is 0.269 e. The molecule has 0 bridgehead atoms. The number of nitro groups is 1. The minimum atomic E-state index is -1.24. The number of amides is 1. The van der Waals surface area contributed by atoms with Crippen LogP contribution in [0.4, 0.5) is 11.4 Å². The second kappa shape index (κ2) is 9.46. The number of ether oxygens (including phenoxy) is 2. The fourth-order valence-corrected chi connectivity index (χ4v) is 7.25. The third-order valence-electron chi connectivity index (χ3n) is 8.40. The average Bonchev–Trinajstić information content (AvgIpc) is 3.61. The molecule has 3 aliphatic heterocycles. The van der Waals surface area contributed by atoms with Crippen molar-refractivity contribution in [2.24, 2.45) is 5.92 Å². The van der Waals surface area contributed by atoms with Gasteiger partial charge in [-0.15, -0.1) is 0 Å². The molecule has 1 spiro atoms. The van der Waals surface area contributed by atoms with Gasteiger partial charge in [0.1, 0.15) is 5.54 Å². The SMILES string of the molecule is COc1ccc(C(=O)C2C(c3ccc([N+](=O)[O-])cc3)C3CCCN3[C@@]23C(=O)Nc2ccc(Br)cc23)cc1OC. The van der Waals surface area contributed by atoms with Crippen LogP contribution in [0.2, 0.25) is 0 Å². The molecular weight excluding hydrogens is 566 g/mol. The number of nitrogens with zero attached hydrogens (tertiary/aromatic N) is 2. The van der Waals surface area contributed by atoms with Gasteiger partial charge in [-0.05, 0) is 61.3 Å². The van der Waals surface area contributed by atoms with E-state index in [2.05, 4.69) is 26.1 Å². The quantitative estimate of drug-likeness (QED) is 0.236. The standard InChI is InChI=1S/C29H26BrN3O6/c1-38-23-12-7-17(14-24(23)39-2)27(34)26-25(16-5-9-19(10-6-16)33(36)37)22-4-3-13-32(22)29(26)20-15-18(30)8-11-21(20)31-28(29)35/h5-12,14-15,22,25-26H,3-4,13H2,1-2H3,(H,31,35)/t22?,25?,26?,29-/m1/s1. The van der Waals surface area contributed by atoms with E-state index in [1.165, 1.54) is 26.4 Å². The largest absolute Gasteiger partial charge is 0.493 e. The van der Waals surface area contributed by atoms with Gasteiger partial charge in [-0.3, -0.25) is 24.6 Å². The minimum absolute atomic E-state index is 0.0228. The van der Waals surface area contributed by atoms with Crippen LogP contribution in [0, 0.1) is 16.0 Å². The molecule has 0 aromatic heterocycles. The first-order valence-electron chi connectivity index (χ1n) is 12.7. The average molecular weight is 592 g/mol. The summed E-state index contributed by atoms with van der Waals surface area (Å²) in [4.78, 5) is 41.9. The molecule has 39 heavy (non-hydrogen) atoms. The number of fused-ring (bicyclic) bond motifs is 4. The zero-order chi connectivity index (χ0) is 27.5. The van der Waals surface area contributed by atoms with Crippen molar-refractivity contribution >= 4 is 39.0 Å². The molecule has 0 radical (unpaired) electrons. The van der Waals surface area contributed by atoms with Crippen LogP contribution in [0.25, 0.3) is 0 Å². The Bertz CT molecular complexity index is 1510. The Morgan fingerprint density at radius 3 is 2.51 bits per heavy atom. The maximum Gasteiger partial charge on any atom is 0.269 e. The molecule has 3 aliphatic rings. The molecule has 4 atom stereocenters. The lowest BCUT2D eigenvalue weighted by Gasteiger charge is -2.37. The topological polar surface area (TPSA) is 111 Å². The molecule has 9 nitrogen and oxygen atoms in total. The highest BCUT2D eigenvalue weighted by molar-refractivity contribution is 9.10. The number of halogens is 1. The van der Waals surface area contributed by atoms with Crippen LogP contribution >= 0.6 is 15.9 Å². The molecule has 2 saturated heterocycles. The number of hydrogen-bond donors (Lipinski definition) is 1. The third-order valence-corrected chi connectivity index (χ3v) is 8.90. The summed E-state index contributed by atoms with van der Waals surface area (Å²) in [7, 11) is 3.04. The van der Waals surface area contributed by atoms with Crippen LogP contribution < -0.4 is 14.8 Å². The van der Waals surface area contributed by atoms with Gasteiger partial charge in [-0.1, -0.05) is 28.1 Å².